The highest BCUT2D eigenvalue weighted by atomic mass is 16.5. The molecule has 0 saturated carbocycles. The number of furan rings is 1. The maximum absolute atomic E-state index is 12.5. The fraction of sp³-hybridized carbons (Fsp3) is 0.263. The predicted octanol–water partition coefficient (Wildman–Crippen LogP) is 2.49. The van der Waals surface area contributed by atoms with Crippen LogP contribution in [-0.2, 0) is 16.0 Å². The van der Waals surface area contributed by atoms with E-state index in [0.717, 1.165) is 5.56 Å². The number of hydrogen-bond donors (Lipinski definition) is 2. The molecule has 0 saturated heterocycles. The highest BCUT2D eigenvalue weighted by Crippen LogP contribution is 2.28. The maximum Gasteiger partial charge on any atom is 0.342 e. The van der Waals surface area contributed by atoms with Crippen molar-refractivity contribution in [3.8, 4) is 0 Å². The molecule has 2 heterocycles. The van der Waals surface area contributed by atoms with E-state index in [0.29, 0.717) is 16.7 Å². The monoisotopic (exact) mass is 385 g/mol. The Morgan fingerprint density at radius 3 is 2.64 bits per heavy atom. The van der Waals surface area contributed by atoms with Crippen molar-refractivity contribution in [3.63, 3.8) is 0 Å². The molecule has 0 spiro atoms. The van der Waals surface area contributed by atoms with Crippen molar-refractivity contribution in [2.45, 2.75) is 27.2 Å². The van der Waals surface area contributed by atoms with Crippen LogP contribution in [0.25, 0.3) is 11.0 Å². The van der Waals surface area contributed by atoms with Crippen LogP contribution in [0.15, 0.2) is 27.1 Å². The molecule has 0 unspecified atom stereocenters. The summed E-state index contributed by atoms with van der Waals surface area (Å²) in [6.45, 7) is 5.13. The zero-order valence-electron chi connectivity index (χ0n) is 15.6. The number of amides is 2. The largest absolute Gasteiger partial charge is 0.462 e. The molecule has 3 aromatic rings. The number of nitrogens with zero attached hydrogens (tertiary/aromatic N) is 1. The minimum Gasteiger partial charge on any atom is -0.462 e. The number of esters is 1. The average Bonchev–Trinajstić information content (AvgIpc) is 3.15. The van der Waals surface area contributed by atoms with Gasteiger partial charge in [0.15, 0.2) is 5.58 Å². The molecule has 2 amide bonds. The summed E-state index contributed by atoms with van der Waals surface area (Å²) in [6, 6.07) is 5.50. The molecule has 9 heteroatoms. The summed E-state index contributed by atoms with van der Waals surface area (Å²) in [4.78, 5) is 36.4. The van der Waals surface area contributed by atoms with Gasteiger partial charge >= 0.3 is 5.97 Å². The molecule has 1 aromatic carbocycles. The summed E-state index contributed by atoms with van der Waals surface area (Å²) in [7, 11) is 0. The third-order valence-corrected chi connectivity index (χ3v) is 4.09. The predicted molar refractivity (Wildman–Crippen MR) is 99.0 cm³/mol. The van der Waals surface area contributed by atoms with Gasteiger partial charge in [0.2, 0.25) is 11.8 Å². The lowest BCUT2D eigenvalue weighted by Gasteiger charge is -2.04. The molecular weight excluding hydrogens is 366 g/mol. The molecule has 3 N–H and O–H groups in total. The Bertz CT molecular complexity index is 1080. The lowest BCUT2D eigenvalue weighted by molar-refractivity contribution is -0.115. The third-order valence-electron chi connectivity index (χ3n) is 4.09. The summed E-state index contributed by atoms with van der Waals surface area (Å²) < 4.78 is 15.5. The number of rotatable bonds is 6. The molecule has 28 heavy (non-hydrogen) atoms. The number of anilines is 1. The van der Waals surface area contributed by atoms with Gasteiger partial charge in [-0.25, -0.2) is 4.79 Å². The highest BCUT2D eigenvalue weighted by Gasteiger charge is 2.29. The van der Waals surface area contributed by atoms with Gasteiger partial charge in [-0.05, 0) is 32.9 Å². The van der Waals surface area contributed by atoms with E-state index in [-0.39, 0.29) is 35.8 Å². The molecule has 0 atom stereocenters. The van der Waals surface area contributed by atoms with E-state index in [1.54, 1.807) is 13.0 Å². The minimum atomic E-state index is -0.919. The van der Waals surface area contributed by atoms with Gasteiger partial charge in [0.1, 0.15) is 22.6 Å². The molecule has 0 bridgehead atoms. The van der Waals surface area contributed by atoms with Crippen LogP contribution >= 0.6 is 0 Å². The second-order valence-electron chi connectivity index (χ2n) is 6.18. The van der Waals surface area contributed by atoms with Crippen molar-refractivity contribution in [2.75, 3.05) is 11.9 Å². The molecule has 0 aliphatic rings. The van der Waals surface area contributed by atoms with Gasteiger partial charge in [0.25, 0.3) is 5.91 Å². The Balaban J connectivity index is 1.87. The number of aromatic nitrogens is 1. The van der Waals surface area contributed by atoms with Crippen molar-refractivity contribution in [1.82, 2.24) is 5.16 Å². The fourth-order valence-corrected chi connectivity index (χ4v) is 2.87. The second-order valence-corrected chi connectivity index (χ2v) is 6.18. The zero-order valence-corrected chi connectivity index (χ0v) is 15.6. The normalized spacial score (nSPS) is 10.8. The maximum atomic E-state index is 12.5. The van der Waals surface area contributed by atoms with Crippen LogP contribution in [0.4, 0.5) is 5.88 Å². The standard InChI is InChI=1S/C19H19N3O6/c1-4-26-19(25)15-10(3)27-18(16(15)17(20)24)21-14(23)8-12-11-7-9(2)5-6-13(11)28-22-12/h5-7H,4,8H2,1-3H3,(H2,20,24)(H,21,23). The van der Waals surface area contributed by atoms with E-state index in [9.17, 15) is 14.4 Å². The van der Waals surface area contributed by atoms with Gasteiger partial charge < -0.3 is 19.4 Å². The lowest BCUT2D eigenvalue weighted by atomic mass is 10.1. The zero-order chi connectivity index (χ0) is 20.4. The van der Waals surface area contributed by atoms with E-state index in [1.165, 1.54) is 6.92 Å². The van der Waals surface area contributed by atoms with Crippen molar-refractivity contribution in [1.29, 1.82) is 0 Å². The van der Waals surface area contributed by atoms with Crippen LogP contribution in [0.5, 0.6) is 0 Å². The number of fused-ring (bicyclic) bond motifs is 1. The number of benzene rings is 1. The summed E-state index contributed by atoms with van der Waals surface area (Å²) in [6.07, 6.45) is -0.122. The lowest BCUT2D eigenvalue weighted by Crippen LogP contribution is -2.21. The fourth-order valence-electron chi connectivity index (χ4n) is 2.87. The summed E-state index contributed by atoms with van der Waals surface area (Å²) in [5.74, 6) is -2.27. The Labute approximate surface area is 159 Å². The number of nitrogens with one attached hydrogen (secondary N) is 1. The quantitative estimate of drug-likeness (QED) is 0.622. The highest BCUT2D eigenvalue weighted by molar-refractivity contribution is 6.10. The molecule has 0 fully saturated rings. The Morgan fingerprint density at radius 1 is 1.21 bits per heavy atom. The minimum absolute atomic E-state index is 0.104. The molecule has 3 rings (SSSR count). The third kappa shape index (κ3) is 3.59. The second kappa shape index (κ2) is 7.55. The van der Waals surface area contributed by atoms with Crippen LogP contribution in [0.3, 0.4) is 0 Å². The number of aryl methyl sites for hydroxylation is 2. The molecule has 9 nitrogen and oxygen atoms in total. The SMILES string of the molecule is CCOC(=O)c1c(C)oc(NC(=O)Cc2noc3ccc(C)cc23)c1C(N)=O. The van der Waals surface area contributed by atoms with Gasteiger partial charge in [-0.15, -0.1) is 0 Å². The number of carbonyl (C=O) groups excluding carboxylic acids is 3. The number of primary amides is 1. The first-order chi connectivity index (χ1) is 13.3. The Kier molecular flexibility index (Phi) is 5.16. The van der Waals surface area contributed by atoms with Crippen molar-refractivity contribution in [3.05, 3.63) is 46.3 Å². The molecule has 0 aliphatic heterocycles. The Hall–Kier alpha value is -3.62. The average molecular weight is 385 g/mol. The molecule has 2 aromatic heterocycles. The van der Waals surface area contributed by atoms with E-state index in [4.69, 9.17) is 19.4 Å². The summed E-state index contributed by atoms with van der Waals surface area (Å²) >= 11 is 0. The first kappa shape index (κ1) is 19.2. The van der Waals surface area contributed by atoms with Crippen molar-refractivity contribution in [2.24, 2.45) is 5.73 Å². The molecule has 0 aliphatic carbocycles. The number of ether oxygens (including phenoxy) is 1. The van der Waals surface area contributed by atoms with Crippen molar-refractivity contribution < 1.29 is 28.1 Å². The number of carbonyl (C=O) groups is 3. The van der Waals surface area contributed by atoms with Crippen LogP contribution in [-0.4, -0.2) is 29.5 Å². The van der Waals surface area contributed by atoms with E-state index in [1.807, 2.05) is 19.1 Å². The van der Waals surface area contributed by atoms with E-state index >= 15 is 0 Å². The first-order valence-corrected chi connectivity index (χ1v) is 8.56. The van der Waals surface area contributed by atoms with E-state index in [2.05, 4.69) is 10.5 Å². The Morgan fingerprint density at radius 2 is 1.96 bits per heavy atom. The smallest absolute Gasteiger partial charge is 0.342 e. The molecule has 0 radical (unpaired) electrons. The van der Waals surface area contributed by atoms with Crippen LogP contribution < -0.4 is 11.1 Å². The molecular formula is C19H19N3O6. The van der Waals surface area contributed by atoms with Gasteiger partial charge in [0, 0.05) is 5.39 Å². The van der Waals surface area contributed by atoms with Gasteiger partial charge in [-0.2, -0.15) is 0 Å². The summed E-state index contributed by atoms with van der Waals surface area (Å²) in [5, 5.41) is 7.11. The van der Waals surface area contributed by atoms with Crippen LogP contribution in [0, 0.1) is 13.8 Å². The number of hydrogen-bond acceptors (Lipinski definition) is 7. The molecule has 146 valence electrons. The first-order valence-electron chi connectivity index (χ1n) is 8.56. The van der Waals surface area contributed by atoms with Gasteiger partial charge in [-0.1, -0.05) is 16.8 Å². The van der Waals surface area contributed by atoms with Gasteiger partial charge in [0.05, 0.1) is 13.0 Å². The number of nitrogens with two attached hydrogens (primary N) is 1. The van der Waals surface area contributed by atoms with Crippen molar-refractivity contribution >= 4 is 34.6 Å². The van der Waals surface area contributed by atoms with E-state index < -0.39 is 17.8 Å². The van der Waals surface area contributed by atoms with Gasteiger partial charge in [-0.3, -0.25) is 14.9 Å². The topological polar surface area (TPSA) is 138 Å². The summed E-state index contributed by atoms with van der Waals surface area (Å²) in [5.41, 5.74) is 7.03. The van der Waals surface area contributed by atoms with Crippen LogP contribution in [0.1, 0.15) is 44.7 Å². The van der Waals surface area contributed by atoms with Crippen LogP contribution in [0.2, 0.25) is 0 Å².